The van der Waals surface area contributed by atoms with Crippen LogP contribution >= 0.6 is 0 Å². The first-order valence-corrected chi connectivity index (χ1v) is 5.24. The minimum atomic E-state index is 0.859. The van der Waals surface area contributed by atoms with Crippen molar-refractivity contribution in [2.45, 2.75) is 39.2 Å². The number of ether oxygens (including phenoxy) is 1. The number of aromatic nitrogens is 3. The lowest BCUT2D eigenvalue weighted by Gasteiger charge is -2.00. The summed E-state index contributed by atoms with van der Waals surface area (Å²) in [5.41, 5.74) is 1.07. The molecule has 1 aromatic heterocycles. The highest BCUT2D eigenvalue weighted by Gasteiger charge is 1.97. The van der Waals surface area contributed by atoms with E-state index in [2.05, 4.69) is 17.2 Å². The van der Waals surface area contributed by atoms with Gasteiger partial charge in [0.05, 0.1) is 5.69 Å². The van der Waals surface area contributed by atoms with Crippen molar-refractivity contribution in [3.63, 3.8) is 0 Å². The molecule has 4 nitrogen and oxygen atoms in total. The Labute approximate surface area is 85.3 Å². The summed E-state index contributed by atoms with van der Waals surface area (Å²) >= 11 is 0. The molecule has 0 aromatic carbocycles. The summed E-state index contributed by atoms with van der Waals surface area (Å²) in [6, 6.07) is 0. The molecule has 1 aromatic rings. The lowest BCUT2D eigenvalue weighted by atomic mass is 10.2. The third-order valence-corrected chi connectivity index (χ3v) is 2.18. The van der Waals surface area contributed by atoms with Crippen LogP contribution in [0.25, 0.3) is 0 Å². The van der Waals surface area contributed by atoms with Gasteiger partial charge < -0.3 is 4.74 Å². The van der Waals surface area contributed by atoms with Crippen LogP contribution in [0.5, 0.6) is 0 Å². The summed E-state index contributed by atoms with van der Waals surface area (Å²) < 4.78 is 6.90. The van der Waals surface area contributed by atoms with Crippen LogP contribution in [0.4, 0.5) is 0 Å². The van der Waals surface area contributed by atoms with E-state index in [0.29, 0.717) is 0 Å². The molecule has 0 spiro atoms. The van der Waals surface area contributed by atoms with Crippen molar-refractivity contribution in [1.29, 1.82) is 0 Å². The highest BCUT2D eigenvalue weighted by molar-refractivity contribution is 4.90. The maximum absolute atomic E-state index is 4.98. The molecule has 0 aliphatic heterocycles. The summed E-state index contributed by atoms with van der Waals surface area (Å²) in [7, 11) is 1.74. The molecule has 0 radical (unpaired) electrons. The Morgan fingerprint density at radius 1 is 1.36 bits per heavy atom. The van der Waals surface area contributed by atoms with Crippen molar-refractivity contribution in [1.82, 2.24) is 15.0 Å². The molecule has 0 saturated heterocycles. The van der Waals surface area contributed by atoms with Crippen molar-refractivity contribution >= 4 is 0 Å². The number of rotatable bonds is 7. The lowest BCUT2D eigenvalue weighted by Crippen LogP contribution is -1.99. The van der Waals surface area contributed by atoms with E-state index in [4.69, 9.17) is 4.74 Å². The van der Waals surface area contributed by atoms with E-state index in [1.807, 2.05) is 10.9 Å². The monoisotopic (exact) mass is 197 g/mol. The fourth-order valence-electron chi connectivity index (χ4n) is 1.31. The summed E-state index contributed by atoms with van der Waals surface area (Å²) in [5, 5.41) is 8.08. The number of hydrogen-bond donors (Lipinski definition) is 0. The molecule has 0 aliphatic rings. The Bertz CT molecular complexity index is 247. The van der Waals surface area contributed by atoms with Gasteiger partial charge in [0.1, 0.15) is 0 Å². The van der Waals surface area contributed by atoms with E-state index in [1.165, 1.54) is 6.42 Å². The van der Waals surface area contributed by atoms with Crippen molar-refractivity contribution < 1.29 is 4.74 Å². The third-order valence-electron chi connectivity index (χ3n) is 2.18. The molecule has 1 heterocycles. The molecule has 0 bridgehead atoms. The summed E-state index contributed by atoms with van der Waals surface area (Å²) in [6.45, 7) is 3.92. The van der Waals surface area contributed by atoms with Crippen LogP contribution in [0.15, 0.2) is 6.20 Å². The molecule has 80 valence electrons. The second-order valence-corrected chi connectivity index (χ2v) is 3.38. The molecular formula is C10H19N3O. The standard InChI is InChI=1S/C10H19N3O/c1-3-10-9-13(12-11-10)7-5-4-6-8-14-2/h9H,3-8H2,1-2H3. The number of hydrogen-bond acceptors (Lipinski definition) is 3. The van der Waals surface area contributed by atoms with Gasteiger partial charge in [-0.2, -0.15) is 0 Å². The van der Waals surface area contributed by atoms with Crippen LogP contribution in [0.3, 0.4) is 0 Å². The van der Waals surface area contributed by atoms with Gasteiger partial charge >= 0.3 is 0 Å². The highest BCUT2D eigenvalue weighted by atomic mass is 16.5. The van der Waals surface area contributed by atoms with Gasteiger partial charge in [0.2, 0.25) is 0 Å². The van der Waals surface area contributed by atoms with E-state index < -0.39 is 0 Å². The Kier molecular flexibility index (Phi) is 5.22. The zero-order valence-electron chi connectivity index (χ0n) is 9.07. The normalized spacial score (nSPS) is 10.7. The van der Waals surface area contributed by atoms with Crippen LogP contribution in [0, 0.1) is 0 Å². The lowest BCUT2D eigenvalue weighted by molar-refractivity contribution is 0.191. The summed E-state index contributed by atoms with van der Waals surface area (Å²) in [5.74, 6) is 0. The van der Waals surface area contributed by atoms with E-state index >= 15 is 0 Å². The van der Waals surface area contributed by atoms with Gasteiger partial charge in [-0.3, -0.25) is 4.68 Å². The predicted molar refractivity (Wildman–Crippen MR) is 55.1 cm³/mol. The Morgan fingerprint density at radius 2 is 2.21 bits per heavy atom. The second-order valence-electron chi connectivity index (χ2n) is 3.38. The first kappa shape index (κ1) is 11.2. The molecule has 0 saturated carbocycles. The number of nitrogens with zero attached hydrogens (tertiary/aromatic N) is 3. The number of aryl methyl sites for hydroxylation is 2. The average Bonchev–Trinajstić information content (AvgIpc) is 2.65. The zero-order valence-corrected chi connectivity index (χ0v) is 9.07. The van der Waals surface area contributed by atoms with Crippen molar-refractivity contribution in [2.24, 2.45) is 0 Å². The van der Waals surface area contributed by atoms with Crippen LogP contribution in [-0.2, 0) is 17.7 Å². The molecule has 0 aliphatic carbocycles. The average molecular weight is 197 g/mol. The summed E-state index contributed by atoms with van der Waals surface area (Å²) in [6.07, 6.45) is 6.46. The second kappa shape index (κ2) is 6.54. The maximum Gasteiger partial charge on any atom is 0.0824 e. The zero-order chi connectivity index (χ0) is 10.2. The summed E-state index contributed by atoms with van der Waals surface area (Å²) in [4.78, 5) is 0. The van der Waals surface area contributed by atoms with E-state index in [0.717, 1.165) is 38.1 Å². The van der Waals surface area contributed by atoms with Gasteiger partial charge in [-0.05, 0) is 25.7 Å². The van der Waals surface area contributed by atoms with Gasteiger partial charge in [-0.1, -0.05) is 12.1 Å². The Balaban J connectivity index is 2.12. The minimum Gasteiger partial charge on any atom is -0.385 e. The molecule has 1 rings (SSSR count). The van der Waals surface area contributed by atoms with Gasteiger partial charge in [0, 0.05) is 26.5 Å². The van der Waals surface area contributed by atoms with E-state index in [9.17, 15) is 0 Å². The smallest absolute Gasteiger partial charge is 0.0824 e. The van der Waals surface area contributed by atoms with Crippen molar-refractivity contribution in [3.8, 4) is 0 Å². The van der Waals surface area contributed by atoms with Crippen LogP contribution in [0.2, 0.25) is 0 Å². The number of methoxy groups -OCH3 is 1. The molecule has 0 atom stereocenters. The Morgan fingerprint density at radius 3 is 2.86 bits per heavy atom. The van der Waals surface area contributed by atoms with Crippen LogP contribution in [-0.4, -0.2) is 28.7 Å². The van der Waals surface area contributed by atoms with Gasteiger partial charge in [-0.25, -0.2) is 0 Å². The third kappa shape index (κ3) is 3.87. The highest BCUT2D eigenvalue weighted by Crippen LogP contribution is 2.00. The molecule has 14 heavy (non-hydrogen) atoms. The molecule has 0 unspecified atom stereocenters. The molecular weight excluding hydrogens is 178 g/mol. The van der Waals surface area contributed by atoms with Crippen LogP contribution in [0.1, 0.15) is 31.9 Å². The SMILES string of the molecule is CCc1cn(CCCCCOC)nn1. The largest absolute Gasteiger partial charge is 0.385 e. The first-order chi connectivity index (χ1) is 6.86. The molecule has 0 N–H and O–H groups in total. The molecule has 0 amide bonds. The first-order valence-electron chi connectivity index (χ1n) is 5.24. The minimum absolute atomic E-state index is 0.859. The molecule has 4 heteroatoms. The van der Waals surface area contributed by atoms with Gasteiger partial charge in [0.25, 0.3) is 0 Å². The Hall–Kier alpha value is -0.900. The van der Waals surface area contributed by atoms with Crippen molar-refractivity contribution in [3.05, 3.63) is 11.9 Å². The molecule has 0 fully saturated rings. The van der Waals surface area contributed by atoms with E-state index in [1.54, 1.807) is 7.11 Å². The number of unbranched alkanes of at least 4 members (excludes halogenated alkanes) is 2. The van der Waals surface area contributed by atoms with Gasteiger partial charge in [0.15, 0.2) is 0 Å². The van der Waals surface area contributed by atoms with E-state index in [-0.39, 0.29) is 0 Å². The van der Waals surface area contributed by atoms with Crippen LogP contribution < -0.4 is 0 Å². The van der Waals surface area contributed by atoms with Gasteiger partial charge in [-0.15, -0.1) is 5.10 Å². The quantitative estimate of drug-likeness (QED) is 0.624. The predicted octanol–water partition coefficient (Wildman–Crippen LogP) is 1.66. The fourth-order valence-corrected chi connectivity index (χ4v) is 1.31. The maximum atomic E-state index is 4.98. The van der Waals surface area contributed by atoms with Crippen molar-refractivity contribution in [2.75, 3.05) is 13.7 Å². The topological polar surface area (TPSA) is 39.9 Å². The fraction of sp³-hybridized carbons (Fsp3) is 0.800.